The van der Waals surface area contributed by atoms with E-state index in [9.17, 15) is 4.79 Å². The van der Waals surface area contributed by atoms with Crippen LogP contribution in [0.5, 0.6) is 0 Å². The van der Waals surface area contributed by atoms with Gasteiger partial charge in [-0.3, -0.25) is 9.48 Å². The van der Waals surface area contributed by atoms with Gasteiger partial charge in [-0.25, -0.2) is 0 Å². The van der Waals surface area contributed by atoms with Crippen molar-refractivity contribution in [2.75, 3.05) is 0 Å². The molecular formula is C10H9ClN2O. The maximum absolute atomic E-state index is 10.7. The molecule has 0 saturated carbocycles. The van der Waals surface area contributed by atoms with E-state index in [0.29, 0.717) is 10.6 Å². The molecular weight excluding hydrogens is 200 g/mol. The highest BCUT2D eigenvalue weighted by Crippen LogP contribution is 2.24. The Balaban J connectivity index is 2.88. The van der Waals surface area contributed by atoms with Crippen LogP contribution in [0.3, 0.4) is 0 Å². The number of fused-ring (bicyclic) bond motifs is 1. The number of hydrogen-bond acceptors (Lipinski definition) is 2. The first-order valence-electron chi connectivity index (χ1n) is 4.21. The molecule has 0 aliphatic rings. The summed E-state index contributed by atoms with van der Waals surface area (Å²) in [6.07, 6.45) is 0.758. The lowest BCUT2D eigenvalue weighted by Crippen LogP contribution is -1.90. The standard InChI is InChI=1S/C10H9ClN2O/c1-6-8-3-7(5-14)9(11)4-10(8)13(2)12-6/h3-5H,1-2H3. The molecule has 0 unspecified atom stereocenters. The Morgan fingerprint density at radius 3 is 2.86 bits per heavy atom. The molecule has 0 fully saturated rings. The Morgan fingerprint density at radius 2 is 2.21 bits per heavy atom. The molecule has 0 N–H and O–H groups in total. The Morgan fingerprint density at radius 1 is 1.50 bits per heavy atom. The fraction of sp³-hybridized carbons (Fsp3) is 0.200. The molecule has 2 rings (SSSR count). The predicted octanol–water partition coefficient (Wildman–Crippen LogP) is 2.35. The molecule has 0 amide bonds. The number of aryl methyl sites for hydroxylation is 2. The zero-order valence-corrected chi connectivity index (χ0v) is 8.67. The van der Waals surface area contributed by atoms with E-state index < -0.39 is 0 Å². The summed E-state index contributed by atoms with van der Waals surface area (Å²) in [5, 5.41) is 5.69. The molecule has 0 radical (unpaired) electrons. The summed E-state index contributed by atoms with van der Waals surface area (Å²) in [5.74, 6) is 0. The van der Waals surface area contributed by atoms with E-state index in [1.807, 2.05) is 14.0 Å². The van der Waals surface area contributed by atoms with E-state index in [2.05, 4.69) is 5.10 Å². The molecule has 1 aromatic carbocycles. The van der Waals surface area contributed by atoms with Crippen molar-refractivity contribution >= 4 is 28.8 Å². The number of aldehydes is 1. The summed E-state index contributed by atoms with van der Waals surface area (Å²) < 4.78 is 1.76. The minimum atomic E-state index is 0.468. The van der Waals surface area contributed by atoms with Gasteiger partial charge in [0.1, 0.15) is 0 Å². The Kier molecular flexibility index (Phi) is 2.04. The molecule has 0 bridgehead atoms. The fourth-order valence-corrected chi connectivity index (χ4v) is 1.76. The Hall–Kier alpha value is -1.35. The minimum Gasteiger partial charge on any atom is -0.298 e. The van der Waals surface area contributed by atoms with Crippen LogP contribution in [0.25, 0.3) is 10.9 Å². The van der Waals surface area contributed by atoms with Gasteiger partial charge in [0.05, 0.1) is 16.2 Å². The van der Waals surface area contributed by atoms with Gasteiger partial charge in [0.25, 0.3) is 0 Å². The van der Waals surface area contributed by atoms with Crippen LogP contribution in [-0.2, 0) is 7.05 Å². The van der Waals surface area contributed by atoms with Crippen molar-refractivity contribution in [1.29, 1.82) is 0 Å². The van der Waals surface area contributed by atoms with E-state index in [-0.39, 0.29) is 0 Å². The largest absolute Gasteiger partial charge is 0.298 e. The number of carbonyl (C=O) groups excluding carboxylic acids is 1. The Labute approximate surface area is 86.3 Å². The average Bonchev–Trinajstić information content (AvgIpc) is 2.41. The van der Waals surface area contributed by atoms with Gasteiger partial charge in [0.15, 0.2) is 6.29 Å². The van der Waals surface area contributed by atoms with Crippen LogP contribution in [0.1, 0.15) is 16.1 Å². The molecule has 14 heavy (non-hydrogen) atoms. The van der Waals surface area contributed by atoms with Gasteiger partial charge in [-0.15, -0.1) is 0 Å². The zero-order valence-electron chi connectivity index (χ0n) is 7.91. The molecule has 0 atom stereocenters. The molecule has 1 heterocycles. The topological polar surface area (TPSA) is 34.9 Å². The summed E-state index contributed by atoms with van der Waals surface area (Å²) in [6.45, 7) is 1.91. The first-order valence-corrected chi connectivity index (χ1v) is 4.59. The van der Waals surface area contributed by atoms with Crippen molar-refractivity contribution < 1.29 is 4.79 Å². The molecule has 0 aliphatic carbocycles. The molecule has 3 nitrogen and oxygen atoms in total. The molecule has 4 heteroatoms. The second-order valence-electron chi connectivity index (χ2n) is 3.22. The summed E-state index contributed by atoms with van der Waals surface area (Å²) in [4.78, 5) is 10.7. The van der Waals surface area contributed by atoms with Gasteiger partial charge in [0.2, 0.25) is 0 Å². The molecule has 0 saturated heterocycles. The Bertz CT molecular complexity index is 516. The number of nitrogens with zero attached hydrogens (tertiary/aromatic N) is 2. The van der Waals surface area contributed by atoms with Crippen molar-refractivity contribution in [1.82, 2.24) is 9.78 Å². The summed E-state index contributed by atoms with van der Waals surface area (Å²) in [7, 11) is 1.85. The first-order chi connectivity index (χ1) is 6.63. The second kappa shape index (κ2) is 3.10. The van der Waals surface area contributed by atoms with Gasteiger partial charge in [-0.1, -0.05) is 11.6 Å². The fourth-order valence-electron chi connectivity index (χ4n) is 1.56. The molecule has 72 valence electrons. The van der Waals surface area contributed by atoms with E-state index in [1.54, 1.807) is 16.8 Å². The SMILES string of the molecule is Cc1nn(C)c2cc(Cl)c(C=O)cc12. The molecule has 2 aromatic rings. The van der Waals surface area contributed by atoms with E-state index >= 15 is 0 Å². The highest BCUT2D eigenvalue weighted by atomic mass is 35.5. The van der Waals surface area contributed by atoms with Crippen molar-refractivity contribution in [3.05, 3.63) is 28.4 Å². The van der Waals surface area contributed by atoms with Crippen LogP contribution in [0.4, 0.5) is 0 Å². The van der Waals surface area contributed by atoms with E-state index in [1.165, 1.54) is 0 Å². The normalized spacial score (nSPS) is 10.8. The van der Waals surface area contributed by atoms with Gasteiger partial charge < -0.3 is 0 Å². The lowest BCUT2D eigenvalue weighted by Gasteiger charge is -1.98. The number of carbonyl (C=O) groups is 1. The van der Waals surface area contributed by atoms with Gasteiger partial charge in [0, 0.05) is 18.0 Å². The molecule has 0 aliphatic heterocycles. The number of benzene rings is 1. The summed E-state index contributed by atoms with van der Waals surface area (Å²) >= 11 is 5.91. The van der Waals surface area contributed by atoms with Gasteiger partial charge >= 0.3 is 0 Å². The third-order valence-corrected chi connectivity index (χ3v) is 2.61. The monoisotopic (exact) mass is 208 g/mol. The number of rotatable bonds is 1. The van der Waals surface area contributed by atoms with Gasteiger partial charge in [-0.2, -0.15) is 5.10 Å². The van der Waals surface area contributed by atoms with Crippen LogP contribution >= 0.6 is 11.6 Å². The maximum Gasteiger partial charge on any atom is 0.151 e. The van der Waals surface area contributed by atoms with Crippen LogP contribution in [0.15, 0.2) is 12.1 Å². The van der Waals surface area contributed by atoms with Crippen molar-refractivity contribution in [3.63, 3.8) is 0 Å². The van der Waals surface area contributed by atoms with Crippen LogP contribution in [0, 0.1) is 6.92 Å². The first kappa shape index (κ1) is 9.21. The smallest absolute Gasteiger partial charge is 0.151 e. The predicted molar refractivity (Wildman–Crippen MR) is 55.8 cm³/mol. The zero-order chi connectivity index (χ0) is 10.3. The third kappa shape index (κ3) is 1.21. The molecule has 0 spiro atoms. The quantitative estimate of drug-likeness (QED) is 0.675. The van der Waals surface area contributed by atoms with Crippen LogP contribution in [-0.4, -0.2) is 16.1 Å². The third-order valence-electron chi connectivity index (χ3n) is 2.28. The van der Waals surface area contributed by atoms with Crippen LogP contribution < -0.4 is 0 Å². The van der Waals surface area contributed by atoms with Crippen molar-refractivity contribution in [3.8, 4) is 0 Å². The highest BCUT2D eigenvalue weighted by Gasteiger charge is 2.08. The van der Waals surface area contributed by atoms with Gasteiger partial charge in [-0.05, 0) is 19.1 Å². The molecule has 1 aromatic heterocycles. The van der Waals surface area contributed by atoms with Crippen LogP contribution in [0.2, 0.25) is 5.02 Å². The van der Waals surface area contributed by atoms with E-state index in [4.69, 9.17) is 11.6 Å². The summed E-state index contributed by atoms with van der Waals surface area (Å²) in [6, 6.07) is 3.54. The number of aromatic nitrogens is 2. The average molecular weight is 209 g/mol. The number of hydrogen-bond donors (Lipinski definition) is 0. The minimum absolute atomic E-state index is 0.468. The van der Waals surface area contributed by atoms with Crippen molar-refractivity contribution in [2.45, 2.75) is 6.92 Å². The van der Waals surface area contributed by atoms with Crippen molar-refractivity contribution in [2.24, 2.45) is 7.05 Å². The second-order valence-corrected chi connectivity index (χ2v) is 3.62. The highest BCUT2D eigenvalue weighted by molar-refractivity contribution is 6.33. The number of halogens is 1. The lowest BCUT2D eigenvalue weighted by atomic mass is 10.1. The lowest BCUT2D eigenvalue weighted by molar-refractivity contribution is 0.112. The maximum atomic E-state index is 10.7. The van der Waals surface area contributed by atoms with E-state index in [0.717, 1.165) is 22.9 Å². The summed E-state index contributed by atoms with van der Waals surface area (Å²) in [5.41, 5.74) is 2.36.